The Morgan fingerprint density at radius 1 is 1.11 bits per heavy atom. The van der Waals surface area contributed by atoms with E-state index in [0.29, 0.717) is 30.1 Å². The quantitative estimate of drug-likeness (QED) is 0.414. The van der Waals surface area contributed by atoms with Gasteiger partial charge >= 0.3 is 5.97 Å². The van der Waals surface area contributed by atoms with Crippen molar-refractivity contribution >= 4 is 23.5 Å². The standard InChI is InChI=1S/C28H27ClFNO6/c1-28(13-17-7-8-22(29)23(30)10-17)14-20-11-19(12-24(36-3)26(20)37-28)27(34)31(16-25(32)33)15-18-5-4-6-21(9-18)35-2/h4-12H,13-16H2,1-3H3,(H,32,33). The van der Waals surface area contributed by atoms with E-state index in [1.54, 1.807) is 42.5 Å². The van der Waals surface area contributed by atoms with Gasteiger partial charge in [0.25, 0.3) is 5.91 Å². The molecule has 1 N–H and O–H groups in total. The first-order chi connectivity index (χ1) is 17.6. The largest absolute Gasteiger partial charge is 0.497 e. The Hall–Kier alpha value is -3.78. The lowest BCUT2D eigenvalue weighted by molar-refractivity contribution is -0.137. The summed E-state index contributed by atoms with van der Waals surface area (Å²) in [4.78, 5) is 26.3. The molecule has 1 unspecified atom stereocenters. The number of hydrogen-bond acceptors (Lipinski definition) is 5. The molecule has 194 valence electrons. The van der Waals surface area contributed by atoms with Gasteiger partial charge in [-0.3, -0.25) is 9.59 Å². The molecule has 0 fully saturated rings. The maximum atomic E-state index is 14.0. The molecule has 0 bridgehead atoms. The lowest BCUT2D eigenvalue weighted by Crippen LogP contribution is -2.35. The molecule has 4 rings (SSSR count). The molecule has 1 aliphatic rings. The molecule has 0 saturated carbocycles. The number of rotatable bonds is 9. The predicted octanol–water partition coefficient (Wildman–Crippen LogP) is 5.16. The van der Waals surface area contributed by atoms with Crippen LogP contribution in [0.3, 0.4) is 0 Å². The minimum Gasteiger partial charge on any atom is -0.497 e. The second kappa shape index (κ2) is 10.7. The molecule has 1 aliphatic heterocycles. The molecule has 37 heavy (non-hydrogen) atoms. The fourth-order valence-electron chi connectivity index (χ4n) is 4.58. The summed E-state index contributed by atoms with van der Waals surface area (Å²) < 4.78 is 31.0. The maximum absolute atomic E-state index is 14.0. The summed E-state index contributed by atoms with van der Waals surface area (Å²) in [5, 5.41) is 9.51. The van der Waals surface area contributed by atoms with Crippen molar-refractivity contribution in [3.8, 4) is 17.2 Å². The molecule has 3 aromatic carbocycles. The zero-order chi connectivity index (χ0) is 26.7. The first kappa shape index (κ1) is 26.3. The van der Waals surface area contributed by atoms with E-state index in [9.17, 15) is 19.1 Å². The highest BCUT2D eigenvalue weighted by Crippen LogP contribution is 2.44. The van der Waals surface area contributed by atoms with E-state index in [1.165, 1.54) is 31.3 Å². The number of aliphatic carboxylic acids is 1. The SMILES string of the molecule is COc1cccc(CN(CC(=O)O)C(=O)c2cc3c(c(OC)c2)OC(C)(Cc2ccc(Cl)c(F)c2)C3)c1. The van der Waals surface area contributed by atoms with Crippen molar-refractivity contribution in [3.63, 3.8) is 0 Å². The summed E-state index contributed by atoms with van der Waals surface area (Å²) in [6.07, 6.45) is 0.849. The van der Waals surface area contributed by atoms with Gasteiger partial charge in [-0.05, 0) is 54.4 Å². The van der Waals surface area contributed by atoms with Crippen LogP contribution in [0.2, 0.25) is 5.02 Å². The highest BCUT2D eigenvalue weighted by Gasteiger charge is 2.38. The van der Waals surface area contributed by atoms with Crippen molar-refractivity contribution in [2.45, 2.75) is 31.9 Å². The van der Waals surface area contributed by atoms with E-state index < -0.39 is 29.8 Å². The van der Waals surface area contributed by atoms with Crippen LogP contribution in [-0.4, -0.2) is 48.2 Å². The van der Waals surface area contributed by atoms with Gasteiger partial charge in [-0.2, -0.15) is 0 Å². The number of carboxylic acids is 1. The van der Waals surface area contributed by atoms with E-state index in [4.69, 9.17) is 25.8 Å². The molecule has 1 heterocycles. The van der Waals surface area contributed by atoms with Crippen molar-refractivity contribution in [2.24, 2.45) is 0 Å². The van der Waals surface area contributed by atoms with Crippen molar-refractivity contribution in [1.29, 1.82) is 0 Å². The van der Waals surface area contributed by atoms with Crippen LogP contribution in [-0.2, 0) is 24.2 Å². The second-order valence-electron chi connectivity index (χ2n) is 9.23. The average molecular weight is 528 g/mol. The lowest BCUT2D eigenvalue weighted by atomic mass is 9.91. The first-order valence-corrected chi connectivity index (χ1v) is 12.0. The van der Waals surface area contributed by atoms with Gasteiger partial charge in [-0.1, -0.05) is 29.8 Å². The Balaban J connectivity index is 1.61. The molecule has 1 amide bonds. The number of methoxy groups -OCH3 is 2. The summed E-state index contributed by atoms with van der Waals surface area (Å²) in [6, 6.07) is 15.0. The van der Waals surface area contributed by atoms with Gasteiger partial charge in [0.05, 0.1) is 19.2 Å². The van der Waals surface area contributed by atoms with Gasteiger partial charge in [0.2, 0.25) is 0 Å². The van der Waals surface area contributed by atoms with Crippen LogP contribution in [0.15, 0.2) is 54.6 Å². The average Bonchev–Trinajstić information content (AvgIpc) is 3.20. The van der Waals surface area contributed by atoms with E-state index >= 15 is 0 Å². The fraction of sp³-hybridized carbons (Fsp3) is 0.286. The summed E-state index contributed by atoms with van der Waals surface area (Å²) in [5.74, 6) is -0.609. The monoisotopic (exact) mass is 527 g/mol. The third kappa shape index (κ3) is 5.97. The minimum atomic E-state index is -1.13. The summed E-state index contributed by atoms with van der Waals surface area (Å²) in [5.41, 5.74) is 1.77. The zero-order valence-corrected chi connectivity index (χ0v) is 21.5. The Labute approximate surface area is 219 Å². The molecule has 3 aromatic rings. The number of ether oxygens (including phenoxy) is 3. The van der Waals surface area contributed by atoms with Crippen LogP contribution in [0.4, 0.5) is 4.39 Å². The molecule has 0 aromatic heterocycles. The van der Waals surface area contributed by atoms with Gasteiger partial charge in [0, 0.05) is 30.5 Å². The number of hydrogen-bond donors (Lipinski definition) is 1. The molecule has 0 radical (unpaired) electrons. The highest BCUT2D eigenvalue weighted by atomic mass is 35.5. The van der Waals surface area contributed by atoms with Gasteiger partial charge in [0.15, 0.2) is 11.5 Å². The molecular formula is C28H27ClFNO6. The van der Waals surface area contributed by atoms with Crippen molar-refractivity contribution in [2.75, 3.05) is 20.8 Å². The van der Waals surface area contributed by atoms with Crippen LogP contribution >= 0.6 is 11.6 Å². The molecule has 1 atom stereocenters. The number of amides is 1. The topological polar surface area (TPSA) is 85.3 Å². The fourth-order valence-corrected chi connectivity index (χ4v) is 4.70. The third-order valence-corrected chi connectivity index (χ3v) is 6.50. The minimum absolute atomic E-state index is 0.0502. The number of carbonyl (C=O) groups is 2. The molecule has 9 heteroatoms. The zero-order valence-electron chi connectivity index (χ0n) is 20.7. The molecular weight excluding hydrogens is 501 g/mol. The van der Waals surface area contributed by atoms with E-state index in [2.05, 4.69) is 0 Å². The van der Waals surface area contributed by atoms with E-state index in [-0.39, 0.29) is 17.1 Å². The third-order valence-electron chi connectivity index (χ3n) is 6.19. The molecule has 0 aliphatic carbocycles. The molecule has 7 nitrogen and oxygen atoms in total. The highest BCUT2D eigenvalue weighted by molar-refractivity contribution is 6.30. The van der Waals surface area contributed by atoms with Crippen molar-refractivity contribution in [1.82, 2.24) is 4.90 Å². The van der Waals surface area contributed by atoms with Crippen LogP contribution in [0, 0.1) is 5.82 Å². The van der Waals surface area contributed by atoms with Crippen molar-refractivity contribution in [3.05, 3.63) is 87.7 Å². The maximum Gasteiger partial charge on any atom is 0.323 e. The van der Waals surface area contributed by atoms with E-state index in [1.807, 2.05) is 6.92 Å². The number of halogens is 2. The Bertz CT molecular complexity index is 1350. The van der Waals surface area contributed by atoms with Crippen LogP contribution < -0.4 is 14.2 Å². The molecule has 0 saturated heterocycles. The molecule has 0 spiro atoms. The number of fused-ring (bicyclic) bond motifs is 1. The summed E-state index contributed by atoms with van der Waals surface area (Å²) >= 11 is 5.81. The van der Waals surface area contributed by atoms with Gasteiger partial charge in [0.1, 0.15) is 23.7 Å². The van der Waals surface area contributed by atoms with Crippen LogP contribution in [0.1, 0.15) is 34.0 Å². The van der Waals surface area contributed by atoms with Gasteiger partial charge in [-0.25, -0.2) is 4.39 Å². The Morgan fingerprint density at radius 2 is 1.89 bits per heavy atom. The summed E-state index contributed by atoms with van der Waals surface area (Å²) in [6.45, 7) is 1.50. The van der Waals surface area contributed by atoms with Crippen LogP contribution in [0.25, 0.3) is 0 Å². The van der Waals surface area contributed by atoms with E-state index in [0.717, 1.165) is 16.7 Å². The van der Waals surface area contributed by atoms with Gasteiger partial charge in [-0.15, -0.1) is 0 Å². The van der Waals surface area contributed by atoms with Crippen molar-refractivity contribution < 1.29 is 33.3 Å². The van der Waals surface area contributed by atoms with Crippen LogP contribution in [0.5, 0.6) is 17.2 Å². The smallest absolute Gasteiger partial charge is 0.323 e. The second-order valence-corrected chi connectivity index (χ2v) is 9.63. The van der Waals surface area contributed by atoms with Gasteiger partial charge < -0.3 is 24.2 Å². The predicted molar refractivity (Wildman–Crippen MR) is 136 cm³/mol. The number of nitrogens with zero attached hydrogens (tertiary/aromatic N) is 1. The number of carbonyl (C=O) groups excluding carboxylic acids is 1. The lowest BCUT2D eigenvalue weighted by Gasteiger charge is -2.24. The first-order valence-electron chi connectivity index (χ1n) is 11.6. The Morgan fingerprint density at radius 3 is 2.57 bits per heavy atom. The Kier molecular flexibility index (Phi) is 7.59. The number of benzene rings is 3. The number of carboxylic acid groups (broad SMARTS) is 1. The normalized spacial score (nSPS) is 16.0. The summed E-state index contributed by atoms with van der Waals surface area (Å²) in [7, 11) is 3.01.